The van der Waals surface area contributed by atoms with Gasteiger partial charge in [-0.3, -0.25) is 4.79 Å². The van der Waals surface area contributed by atoms with Crippen molar-refractivity contribution in [2.45, 2.75) is 68.6 Å². The minimum atomic E-state index is -4.58. The summed E-state index contributed by atoms with van der Waals surface area (Å²) < 4.78 is 66.7. The smallest absolute Gasteiger partial charge is 0.349 e. The van der Waals surface area contributed by atoms with E-state index in [1.165, 1.54) is 24.3 Å². The van der Waals surface area contributed by atoms with E-state index in [0.717, 1.165) is 12.6 Å². The van der Waals surface area contributed by atoms with Gasteiger partial charge < -0.3 is 15.6 Å². The molecule has 0 spiro atoms. The maximum Gasteiger partial charge on any atom is 0.418 e. The molecule has 206 valence electrons. The number of benzene rings is 2. The first-order chi connectivity index (χ1) is 17.9. The van der Waals surface area contributed by atoms with Gasteiger partial charge in [0.1, 0.15) is 11.3 Å². The first-order valence-corrected chi connectivity index (χ1v) is 14.4. The molecule has 3 aromatic rings. The summed E-state index contributed by atoms with van der Waals surface area (Å²) in [4.78, 5) is 20.2. The lowest BCUT2D eigenvalue weighted by atomic mass is 9.80. The molecular weight excluding hydrogens is 517 g/mol. The molecule has 4 rings (SSSR count). The number of sulfone groups is 1. The van der Waals surface area contributed by atoms with Gasteiger partial charge in [-0.1, -0.05) is 38.1 Å². The monoisotopic (exact) mass is 550 g/mol. The van der Waals surface area contributed by atoms with Crippen molar-refractivity contribution in [3.63, 3.8) is 0 Å². The van der Waals surface area contributed by atoms with Crippen LogP contribution in [0.25, 0.3) is 11.0 Å². The number of fused-ring (bicyclic) bond motifs is 1. The van der Waals surface area contributed by atoms with E-state index in [1.54, 1.807) is 18.2 Å². The third-order valence-electron chi connectivity index (χ3n) is 6.93. The number of hydrogen-bond acceptors (Lipinski definition) is 5. The number of H-pyrrole nitrogens is 1. The number of halogens is 3. The number of imidazole rings is 1. The van der Waals surface area contributed by atoms with Gasteiger partial charge >= 0.3 is 6.18 Å². The molecule has 0 saturated heterocycles. The van der Waals surface area contributed by atoms with Gasteiger partial charge in [-0.15, -0.1) is 0 Å². The highest BCUT2D eigenvalue weighted by Crippen LogP contribution is 2.34. The van der Waals surface area contributed by atoms with Crippen molar-refractivity contribution in [2.75, 3.05) is 12.3 Å². The number of hydrogen-bond donors (Lipinski definition) is 3. The Bertz CT molecular complexity index is 1360. The van der Waals surface area contributed by atoms with Gasteiger partial charge in [0.15, 0.2) is 9.84 Å². The summed E-state index contributed by atoms with van der Waals surface area (Å²) in [6.45, 7) is 5.07. The Labute approximate surface area is 220 Å². The number of aromatic amines is 1. The van der Waals surface area contributed by atoms with Gasteiger partial charge in [0.2, 0.25) is 5.91 Å². The number of nitrogens with zero attached hydrogens (tertiary/aromatic N) is 1. The van der Waals surface area contributed by atoms with E-state index in [2.05, 4.69) is 34.4 Å². The summed E-state index contributed by atoms with van der Waals surface area (Å²) in [7, 11) is -3.71. The predicted octanol–water partition coefficient (Wildman–Crippen LogP) is 4.64. The molecule has 0 unspecified atom stereocenters. The van der Waals surface area contributed by atoms with Gasteiger partial charge in [-0.2, -0.15) is 13.2 Å². The van der Waals surface area contributed by atoms with Crippen molar-refractivity contribution < 1.29 is 26.4 Å². The summed E-state index contributed by atoms with van der Waals surface area (Å²) in [5.74, 6) is -0.191. The minimum Gasteiger partial charge on any atom is -0.349 e. The van der Waals surface area contributed by atoms with E-state index in [9.17, 15) is 26.4 Å². The molecule has 1 aliphatic rings. The molecule has 1 saturated carbocycles. The van der Waals surface area contributed by atoms with Crippen LogP contribution in [0, 0.1) is 5.92 Å². The number of alkyl halides is 3. The highest BCUT2D eigenvalue weighted by Gasteiger charge is 2.41. The van der Waals surface area contributed by atoms with Crippen LogP contribution in [-0.2, 0) is 27.2 Å². The van der Waals surface area contributed by atoms with Gasteiger partial charge in [0.25, 0.3) is 0 Å². The van der Waals surface area contributed by atoms with Crippen LogP contribution in [0.3, 0.4) is 0 Å². The summed E-state index contributed by atoms with van der Waals surface area (Å²) in [5, 5.41) is 6.46. The first-order valence-electron chi connectivity index (χ1n) is 12.7. The number of nitrogens with one attached hydrogen (secondary N) is 3. The van der Waals surface area contributed by atoms with Crippen LogP contribution < -0.4 is 10.6 Å². The van der Waals surface area contributed by atoms with Gasteiger partial charge in [-0.05, 0) is 62.4 Å². The lowest BCUT2D eigenvalue weighted by Crippen LogP contribution is -2.57. The SMILES string of the molecule is CC(C)CNC1CCC(CS(=O)(=O)c2ccccc2)(NC(=O)Cc2nc3c(C(F)(F)F)cccc3[nH]2)CC1. The van der Waals surface area contributed by atoms with Crippen LogP contribution in [0.15, 0.2) is 53.4 Å². The van der Waals surface area contributed by atoms with Crippen LogP contribution in [0.5, 0.6) is 0 Å². The molecule has 7 nitrogen and oxygen atoms in total. The Morgan fingerprint density at radius 1 is 1.11 bits per heavy atom. The molecule has 3 N–H and O–H groups in total. The number of carbonyl (C=O) groups is 1. The summed E-state index contributed by atoms with van der Waals surface area (Å²) >= 11 is 0. The summed E-state index contributed by atoms with van der Waals surface area (Å²) in [6, 6.07) is 12.0. The zero-order valence-corrected chi connectivity index (χ0v) is 22.3. The fourth-order valence-corrected chi connectivity index (χ4v) is 6.87. The third kappa shape index (κ3) is 6.74. The van der Waals surface area contributed by atoms with E-state index < -0.39 is 33.0 Å². The molecule has 1 aliphatic carbocycles. The summed E-state index contributed by atoms with van der Waals surface area (Å²) in [5.41, 5.74) is -1.94. The van der Waals surface area contributed by atoms with Crippen LogP contribution in [0.2, 0.25) is 0 Å². The molecule has 38 heavy (non-hydrogen) atoms. The highest BCUT2D eigenvalue weighted by atomic mass is 32.2. The molecular formula is C27H33F3N4O3S. The molecule has 1 aromatic heterocycles. The van der Waals surface area contributed by atoms with Crippen molar-refractivity contribution in [3.8, 4) is 0 Å². The van der Waals surface area contributed by atoms with Crippen molar-refractivity contribution in [1.29, 1.82) is 0 Å². The fourth-order valence-electron chi connectivity index (χ4n) is 5.04. The second kappa shape index (κ2) is 11.1. The fraction of sp³-hybridized carbons (Fsp3) is 0.481. The lowest BCUT2D eigenvalue weighted by molar-refractivity contribution is -0.136. The Balaban J connectivity index is 1.54. The summed E-state index contributed by atoms with van der Waals surface area (Å²) in [6.07, 6.45) is -2.58. The lowest BCUT2D eigenvalue weighted by Gasteiger charge is -2.41. The first kappa shape index (κ1) is 28.1. The van der Waals surface area contributed by atoms with E-state index >= 15 is 0 Å². The molecule has 1 amide bonds. The number of amides is 1. The van der Waals surface area contributed by atoms with Crippen molar-refractivity contribution >= 4 is 26.8 Å². The quantitative estimate of drug-likeness (QED) is 0.360. The highest BCUT2D eigenvalue weighted by molar-refractivity contribution is 7.91. The maximum atomic E-state index is 13.4. The average molecular weight is 551 g/mol. The molecule has 0 atom stereocenters. The van der Waals surface area contributed by atoms with E-state index in [-0.39, 0.29) is 40.0 Å². The van der Waals surface area contributed by atoms with Crippen molar-refractivity contribution in [3.05, 3.63) is 59.9 Å². The van der Waals surface area contributed by atoms with Gasteiger partial charge in [0, 0.05) is 6.04 Å². The zero-order valence-electron chi connectivity index (χ0n) is 21.4. The van der Waals surface area contributed by atoms with Crippen molar-refractivity contribution in [1.82, 2.24) is 20.6 Å². The molecule has 11 heteroatoms. The Morgan fingerprint density at radius 2 is 1.79 bits per heavy atom. The molecule has 0 radical (unpaired) electrons. The standard InChI is InChI=1S/C27H33F3N4O3S/c1-18(2)16-31-19-11-13-26(14-12-19,17-38(36,37)20-7-4-3-5-8-20)34-24(35)15-23-32-22-10-6-9-21(25(22)33-23)27(28,29)30/h3-10,18-19,31H,11-17H2,1-2H3,(H,32,33)(H,34,35). The molecule has 0 bridgehead atoms. The number of aromatic nitrogens is 2. The maximum absolute atomic E-state index is 13.4. The van der Waals surface area contributed by atoms with Gasteiger partial charge in [0.05, 0.1) is 33.7 Å². The van der Waals surface area contributed by atoms with Gasteiger partial charge in [-0.25, -0.2) is 13.4 Å². The number of para-hydroxylation sites is 1. The topological polar surface area (TPSA) is 104 Å². The second-order valence-electron chi connectivity index (χ2n) is 10.5. The Morgan fingerprint density at radius 3 is 2.42 bits per heavy atom. The van der Waals surface area contributed by atoms with E-state index in [1.807, 2.05) is 0 Å². The molecule has 1 fully saturated rings. The van der Waals surface area contributed by atoms with Crippen LogP contribution >= 0.6 is 0 Å². The largest absolute Gasteiger partial charge is 0.418 e. The van der Waals surface area contributed by atoms with Crippen LogP contribution in [-0.4, -0.2) is 48.2 Å². The predicted molar refractivity (Wildman–Crippen MR) is 139 cm³/mol. The Kier molecular flexibility index (Phi) is 8.17. The molecule has 2 aromatic carbocycles. The number of rotatable bonds is 9. The molecule has 0 aliphatic heterocycles. The normalized spacial score (nSPS) is 20.6. The zero-order chi connectivity index (χ0) is 27.6. The average Bonchev–Trinajstić information content (AvgIpc) is 3.25. The van der Waals surface area contributed by atoms with E-state index in [4.69, 9.17) is 0 Å². The minimum absolute atomic E-state index is 0.0857. The molecule has 1 heterocycles. The van der Waals surface area contributed by atoms with Crippen LogP contribution in [0.1, 0.15) is 50.9 Å². The van der Waals surface area contributed by atoms with Crippen LogP contribution in [0.4, 0.5) is 13.2 Å². The van der Waals surface area contributed by atoms with Crippen molar-refractivity contribution in [2.24, 2.45) is 5.92 Å². The van der Waals surface area contributed by atoms with E-state index in [0.29, 0.717) is 31.6 Å². The Hall–Kier alpha value is -2.92. The third-order valence-corrected chi connectivity index (χ3v) is 8.85. The number of carbonyl (C=O) groups excluding carboxylic acids is 1. The second-order valence-corrected chi connectivity index (χ2v) is 12.5.